The maximum Gasteiger partial charge on any atom is 0.314 e. The Kier molecular flexibility index (Phi) is 5.60. The van der Waals surface area contributed by atoms with Gasteiger partial charge >= 0.3 is 5.97 Å². The summed E-state index contributed by atoms with van der Waals surface area (Å²) in [4.78, 5) is 36.6. The lowest BCUT2D eigenvalue weighted by molar-refractivity contribution is -0.158. The molecule has 0 radical (unpaired) electrons. The first kappa shape index (κ1) is 19.6. The molecule has 4 rings (SSSR count). The molecule has 2 aliphatic heterocycles. The van der Waals surface area contributed by atoms with Gasteiger partial charge in [-0.3, -0.25) is 19.6 Å². The van der Waals surface area contributed by atoms with E-state index in [1.165, 1.54) is 0 Å². The van der Waals surface area contributed by atoms with Crippen molar-refractivity contribution in [3.63, 3.8) is 0 Å². The van der Waals surface area contributed by atoms with Gasteiger partial charge in [0.15, 0.2) is 0 Å². The second-order valence-corrected chi connectivity index (χ2v) is 7.99. The maximum absolute atomic E-state index is 13.1. The lowest BCUT2D eigenvalue weighted by Gasteiger charge is -2.35. The molecule has 3 heterocycles. The molecule has 2 saturated heterocycles. The number of benzene rings is 1. The molecule has 0 aliphatic carbocycles. The second-order valence-electron chi connectivity index (χ2n) is 7.99. The van der Waals surface area contributed by atoms with Gasteiger partial charge in [-0.25, -0.2) is 0 Å². The quantitative estimate of drug-likeness (QED) is 0.676. The minimum absolute atomic E-state index is 0.0962. The number of hydrogen-bond acceptors (Lipinski definition) is 5. The topological polar surface area (TPSA) is 72.4 Å². The molecule has 0 spiro atoms. The van der Waals surface area contributed by atoms with E-state index in [-0.39, 0.29) is 24.0 Å². The SMILES string of the molecule is CCOC(=O)[C@@]1(Cc2ccccc2)C[C@H]2CC[C@@H]1N2C(=O)CCc1cnccn1. The van der Waals surface area contributed by atoms with Crippen molar-refractivity contribution in [1.82, 2.24) is 14.9 Å². The number of amides is 1. The summed E-state index contributed by atoms with van der Waals surface area (Å²) in [6.45, 7) is 2.19. The summed E-state index contributed by atoms with van der Waals surface area (Å²) in [6, 6.07) is 10.1. The highest BCUT2D eigenvalue weighted by molar-refractivity contribution is 5.84. The normalized spacial score (nSPS) is 25.2. The highest BCUT2D eigenvalue weighted by Gasteiger charge is 2.61. The van der Waals surface area contributed by atoms with Gasteiger partial charge in [0.1, 0.15) is 0 Å². The van der Waals surface area contributed by atoms with E-state index < -0.39 is 5.41 Å². The summed E-state index contributed by atoms with van der Waals surface area (Å²) >= 11 is 0. The smallest absolute Gasteiger partial charge is 0.314 e. The molecule has 0 saturated carbocycles. The summed E-state index contributed by atoms with van der Waals surface area (Å²) < 4.78 is 5.52. The molecule has 2 bridgehead atoms. The molecule has 1 aromatic carbocycles. The fourth-order valence-corrected chi connectivity index (χ4v) is 5.10. The number of esters is 1. The van der Waals surface area contributed by atoms with Crippen LogP contribution in [0.5, 0.6) is 0 Å². The van der Waals surface area contributed by atoms with E-state index in [9.17, 15) is 9.59 Å². The minimum Gasteiger partial charge on any atom is -0.465 e. The van der Waals surface area contributed by atoms with Crippen LogP contribution in [0.3, 0.4) is 0 Å². The molecule has 2 aliphatic rings. The van der Waals surface area contributed by atoms with Crippen LogP contribution in [0.4, 0.5) is 0 Å². The lowest BCUT2D eigenvalue weighted by atomic mass is 9.70. The number of ether oxygens (including phenoxy) is 1. The Bertz CT molecular complexity index is 858. The van der Waals surface area contributed by atoms with Gasteiger partial charge in [-0.1, -0.05) is 30.3 Å². The number of hydrogen-bond donors (Lipinski definition) is 0. The molecule has 0 unspecified atom stereocenters. The van der Waals surface area contributed by atoms with E-state index in [1.807, 2.05) is 42.2 Å². The first-order valence-corrected chi connectivity index (χ1v) is 10.4. The van der Waals surface area contributed by atoms with Gasteiger partial charge in [-0.05, 0) is 44.6 Å². The largest absolute Gasteiger partial charge is 0.465 e. The number of carbonyl (C=O) groups is 2. The first-order chi connectivity index (χ1) is 14.1. The number of aryl methyl sites for hydroxylation is 1. The molecule has 1 aromatic heterocycles. The number of nitrogens with zero attached hydrogens (tertiary/aromatic N) is 3. The number of fused-ring (bicyclic) bond motifs is 2. The molecule has 6 heteroatoms. The van der Waals surface area contributed by atoms with E-state index in [2.05, 4.69) is 9.97 Å². The standard InChI is InChI=1S/C23H27N3O3/c1-2-29-22(28)23(14-17-6-4-3-5-7-17)15-19-9-10-20(23)26(19)21(27)11-8-18-16-24-12-13-25-18/h3-7,12-13,16,19-20H,2,8-11,14-15H2,1H3/t19-,20+,23+/m1/s1. The number of aromatic nitrogens is 2. The van der Waals surface area contributed by atoms with Crippen molar-refractivity contribution in [3.8, 4) is 0 Å². The summed E-state index contributed by atoms with van der Waals surface area (Å²) in [5, 5.41) is 0. The third-order valence-electron chi connectivity index (χ3n) is 6.28. The number of carbonyl (C=O) groups excluding carboxylic acids is 2. The molecule has 6 nitrogen and oxygen atoms in total. The fraction of sp³-hybridized carbons (Fsp3) is 0.478. The molecule has 3 atom stereocenters. The monoisotopic (exact) mass is 393 g/mol. The molecule has 0 N–H and O–H groups in total. The highest BCUT2D eigenvalue weighted by Crippen LogP contribution is 2.52. The van der Waals surface area contributed by atoms with E-state index in [4.69, 9.17) is 4.74 Å². The van der Waals surface area contributed by atoms with Gasteiger partial charge in [0.2, 0.25) is 5.91 Å². The van der Waals surface area contributed by atoms with E-state index in [0.29, 0.717) is 32.3 Å². The van der Waals surface area contributed by atoms with Gasteiger partial charge < -0.3 is 9.64 Å². The number of rotatable bonds is 7. The first-order valence-electron chi connectivity index (χ1n) is 10.4. The minimum atomic E-state index is -0.650. The Morgan fingerprint density at radius 1 is 1.21 bits per heavy atom. The van der Waals surface area contributed by atoms with Gasteiger partial charge in [0.25, 0.3) is 0 Å². The zero-order chi connectivity index (χ0) is 20.3. The van der Waals surface area contributed by atoms with E-state index in [0.717, 1.165) is 24.1 Å². The van der Waals surface area contributed by atoms with Crippen LogP contribution >= 0.6 is 0 Å². The zero-order valence-corrected chi connectivity index (χ0v) is 16.8. The second kappa shape index (κ2) is 8.31. The zero-order valence-electron chi connectivity index (χ0n) is 16.8. The molecule has 29 heavy (non-hydrogen) atoms. The summed E-state index contributed by atoms with van der Waals surface area (Å²) in [7, 11) is 0. The highest BCUT2D eigenvalue weighted by atomic mass is 16.5. The summed E-state index contributed by atoms with van der Waals surface area (Å²) in [5.41, 5.74) is 1.27. The van der Waals surface area contributed by atoms with Crippen molar-refractivity contribution in [2.24, 2.45) is 5.41 Å². The average Bonchev–Trinajstić information content (AvgIpc) is 3.30. The van der Waals surface area contributed by atoms with E-state index in [1.54, 1.807) is 18.6 Å². The molecule has 2 fully saturated rings. The van der Waals surface area contributed by atoms with Crippen LogP contribution in [0.25, 0.3) is 0 Å². The predicted molar refractivity (Wildman–Crippen MR) is 108 cm³/mol. The van der Waals surface area contributed by atoms with Gasteiger partial charge in [-0.15, -0.1) is 0 Å². The summed E-state index contributed by atoms with van der Waals surface area (Å²) in [5.74, 6) is -0.0647. The molecule has 1 amide bonds. The lowest BCUT2D eigenvalue weighted by Crippen LogP contribution is -2.47. The summed E-state index contributed by atoms with van der Waals surface area (Å²) in [6.07, 6.45) is 9.02. The van der Waals surface area contributed by atoms with Crippen LogP contribution in [0.2, 0.25) is 0 Å². The van der Waals surface area contributed by atoms with Crippen molar-refractivity contribution in [3.05, 3.63) is 60.2 Å². The Balaban J connectivity index is 1.55. The Labute approximate surface area is 171 Å². The molecular weight excluding hydrogens is 366 g/mol. The Morgan fingerprint density at radius 3 is 2.76 bits per heavy atom. The van der Waals surface area contributed by atoms with Crippen LogP contribution in [0.1, 0.15) is 43.9 Å². The fourth-order valence-electron chi connectivity index (χ4n) is 5.10. The van der Waals surface area contributed by atoms with Crippen molar-refractivity contribution in [2.45, 2.75) is 57.5 Å². The maximum atomic E-state index is 13.1. The van der Waals surface area contributed by atoms with Crippen LogP contribution in [0, 0.1) is 5.41 Å². The van der Waals surface area contributed by atoms with Gasteiger partial charge in [-0.2, -0.15) is 0 Å². The van der Waals surface area contributed by atoms with Crippen molar-refractivity contribution in [2.75, 3.05) is 6.61 Å². The Morgan fingerprint density at radius 2 is 2.03 bits per heavy atom. The molecular formula is C23H27N3O3. The molecule has 2 aromatic rings. The third kappa shape index (κ3) is 3.76. The molecule has 152 valence electrons. The average molecular weight is 393 g/mol. The van der Waals surface area contributed by atoms with E-state index >= 15 is 0 Å². The van der Waals surface area contributed by atoms with Crippen LogP contribution in [0.15, 0.2) is 48.9 Å². The van der Waals surface area contributed by atoms with Crippen LogP contribution < -0.4 is 0 Å². The van der Waals surface area contributed by atoms with Crippen molar-refractivity contribution < 1.29 is 14.3 Å². The van der Waals surface area contributed by atoms with Crippen LogP contribution in [-0.2, 0) is 27.2 Å². The predicted octanol–water partition coefficient (Wildman–Crippen LogP) is 2.96. The van der Waals surface area contributed by atoms with Gasteiger partial charge in [0.05, 0.1) is 17.7 Å². The van der Waals surface area contributed by atoms with Crippen molar-refractivity contribution in [1.29, 1.82) is 0 Å². The van der Waals surface area contributed by atoms with Crippen molar-refractivity contribution >= 4 is 11.9 Å². The third-order valence-corrected chi connectivity index (χ3v) is 6.28. The Hall–Kier alpha value is -2.76. The van der Waals surface area contributed by atoms with Gasteiger partial charge in [0, 0.05) is 37.1 Å². The van der Waals surface area contributed by atoms with Crippen LogP contribution in [-0.4, -0.2) is 45.4 Å².